The summed E-state index contributed by atoms with van der Waals surface area (Å²) in [6.45, 7) is 0.174. The van der Waals surface area contributed by atoms with Crippen molar-refractivity contribution in [2.75, 3.05) is 19.0 Å². The number of hydrogen-bond acceptors (Lipinski definition) is 5. The van der Waals surface area contributed by atoms with Crippen molar-refractivity contribution in [3.63, 3.8) is 0 Å². The van der Waals surface area contributed by atoms with Gasteiger partial charge in [0.25, 0.3) is 5.91 Å². The number of rotatable bonds is 8. The number of hydrogen-bond donors (Lipinski definition) is 3. The van der Waals surface area contributed by atoms with Crippen molar-refractivity contribution < 1.29 is 24.2 Å². The average Bonchev–Trinajstić information content (AvgIpc) is 2.76. The van der Waals surface area contributed by atoms with Gasteiger partial charge in [0.2, 0.25) is 5.91 Å². The van der Waals surface area contributed by atoms with E-state index in [0.29, 0.717) is 22.7 Å². The Morgan fingerprint density at radius 3 is 2.27 bits per heavy atom. The first-order valence-electron chi connectivity index (χ1n) is 9.33. The first kappa shape index (κ1) is 20.7. The number of ether oxygens (including phenoxy) is 2. The summed E-state index contributed by atoms with van der Waals surface area (Å²) in [5.41, 5.74) is 0.939. The van der Waals surface area contributed by atoms with Crippen LogP contribution in [0.3, 0.4) is 0 Å². The van der Waals surface area contributed by atoms with Crippen LogP contribution in [0.5, 0.6) is 23.0 Å². The summed E-state index contributed by atoms with van der Waals surface area (Å²) in [7, 11) is 1.59. The van der Waals surface area contributed by atoms with E-state index in [4.69, 9.17) is 9.47 Å². The number of aromatic hydroxyl groups is 1. The lowest BCUT2D eigenvalue weighted by atomic mass is 10.2. The molecule has 7 nitrogen and oxygen atoms in total. The van der Waals surface area contributed by atoms with Gasteiger partial charge in [0.1, 0.15) is 17.2 Å². The summed E-state index contributed by atoms with van der Waals surface area (Å²) >= 11 is 0. The SMILES string of the molecule is COc1ccc(Oc2ccccc2NC(=O)CCNC(=O)c2ccc(O)cc2)cc1. The Morgan fingerprint density at radius 1 is 0.900 bits per heavy atom. The molecule has 0 heterocycles. The van der Waals surface area contributed by atoms with Crippen molar-refractivity contribution in [1.29, 1.82) is 0 Å². The van der Waals surface area contributed by atoms with Crippen LogP contribution in [0.4, 0.5) is 5.69 Å². The minimum absolute atomic E-state index is 0.0847. The van der Waals surface area contributed by atoms with Crippen LogP contribution in [0.25, 0.3) is 0 Å². The maximum Gasteiger partial charge on any atom is 0.251 e. The molecule has 0 spiro atoms. The zero-order valence-corrected chi connectivity index (χ0v) is 16.4. The van der Waals surface area contributed by atoms with E-state index >= 15 is 0 Å². The Balaban J connectivity index is 1.53. The third-order valence-corrected chi connectivity index (χ3v) is 4.22. The first-order chi connectivity index (χ1) is 14.5. The lowest BCUT2D eigenvalue weighted by Gasteiger charge is -2.13. The summed E-state index contributed by atoms with van der Waals surface area (Å²) in [6.07, 6.45) is 0.0979. The Labute approximate surface area is 174 Å². The van der Waals surface area contributed by atoms with Crippen LogP contribution in [0, 0.1) is 0 Å². The molecule has 154 valence electrons. The van der Waals surface area contributed by atoms with E-state index in [1.54, 1.807) is 49.6 Å². The normalized spacial score (nSPS) is 10.2. The lowest BCUT2D eigenvalue weighted by molar-refractivity contribution is -0.116. The van der Waals surface area contributed by atoms with Gasteiger partial charge in [0.05, 0.1) is 12.8 Å². The van der Waals surface area contributed by atoms with Gasteiger partial charge >= 0.3 is 0 Å². The third-order valence-electron chi connectivity index (χ3n) is 4.22. The summed E-state index contributed by atoms with van der Waals surface area (Å²) < 4.78 is 11.0. The van der Waals surface area contributed by atoms with Gasteiger partial charge in [-0.25, -0.2) is 0 Å². The maximum absolute atomic E-state index is 12.3. The van der Waals surface area contributed by atoms with Crippen molar-refractivity contribution in [2.45, 2.75) is 6.42 Å². The molecule has 0 fully saturated rings. The lowest BCUT2D eigenvalue weighted by Crippen LogP contribution is -2.27. The number of nitrogens with one attached hydrogen (secondary N) is 2. The quantitative estimate of drug-likeness (QED) is 0.526. The Hall–Kier alpha value is -4.00. The smallest absolute Gasteiger partial charge is 0.251 e. The monoisotopic (exact) mass is 406 g/mol. The van der Waals surface area contributed by atoms with Crippen molar-refractivity contribution in [2.24, 2.45) is 0 Å². The minimum Gasteiger partial charge on any atom is -0.508 e. The molecule has 30 heavy (non-hydrogen) atoms. The van der Waals surface area contributed by atoms with E-state index in [1.165, 1.54) is 24.3 Å². The first-order valence-corrected chi connectivity index (χ1v) is 9.33. The topological polar surface area (TPSA) is 96.9 Å². The van der Waals surface area contributed by atoms with Crippen LogP contribution in [0.2, 0.25) is 0 Å². The van der Waals surface area contributed by atoms with Crippen LogP contribution in [-0.2, 0) is 4.79 Å². The maximum atomic E-state index is 12.3. The van der Waals surface area contributed by atoms with Gasteiger partial charge in [-0.1, -0.05) is 12.1 Å². The van der Waals surface area contributed by atoms with Crippen molar-refractivity contribution in [3.05, 3.63) is 78.4 Å². The second-order valence-electron chi connectivity index (χ2n) is 6.37. The number of phenols is 1. The molecule has 0 bridgehead atoms. The summed E-state index contributed by atoms with van der Waals surface area (Å²) in [5.74, 6) is 1.35. The molecule has 0 aliphatic heterocycles. The van der Waals surface area contributed by atoms with E-state index in [9.17, 15) is 14.7 Å². The van der Waals surface area contributed by atoms with Crippen molar-refractivity contribution in [1.82, 2.24) is 5.32 Å². The van der Waals surface area contributed by atoms with Crippen molar-refractivity contribution >= 4 is 17.5 Å². The second kappa shape index (κ2) is 9.97. The fraction of sp³-hybridized carbons (Fsp3) is 0.130. The van der Waals surface area contributed by atoms with Crippen LogP contribution in [0.15, 0.2) is 72.8 Å². The summed E-state index contributed by atoms with van der Waals surface area (Å²) in [6, 6.07) is 20.1. The fourth-order valence-corrected chi connectivity index (χ4v) is 2.65. The molecule has 0 unspecified atom stereocenters. The zero-order valence-electron chi connectivity index (χ0n) is 16.4. The second-order valence-corrected chi connectivity index (χ2v) is 6.37. The predicted octanol–water partition coefficient (Wildman–Crippen LogP) is 3.95. The molecule has 0 aromatic heterocycles. The van der Waals surface area contributed by atoms with Crippen molar-refractivity contribution in [3.8, 4) is 23.0 Å². The predicted molar refractivity (Wildman–Crippen MR) is 113 cm³/mol. The highest BCUT2D eigenvalue weighted by molar-refractivity contribution is 5.95. The number of benzene rings is 3. The van der Waals surface area contributed by atoms with Crippen LogP contribution in [0.1, 0.15) is 16.8 Å². The van der Waals surface area contributed by atoms with E-state index in [0.717, 1.165) is 5.75 Å². The molecule has 3 N–H and O–H groups in total. The number of carbonyl (C=O) groups is 2. The molecule has 3 aromatic carbocycles. The molecule has 0 atom stereocenters. The molecule has 0 radical (unpaired) electrons. The largest absolute Gasteiger partial charge is 0.508 e. The molecular weight excluding hydrogens is 384 g/mol. The molecule has 7 heteroatoms. The molecule has 3 aromatic rings. The number of carbonyl (C=O) groups excluding carboxylic acids is 2. The standard InChI is InChI=1S/C23H22N2O5/c1-29-18-10-12-19(13-11-18)30-21-5-3-2-4-20(21)25-22(27)14-15-24-23(28)16-6-8-17(26)9-7-16/h2-13,26H,14-15H2,1H3,(H,24,28)(H,25,27). The number of amides is 2. The number of anilines is 1. The van der Waals surface area contributed by atoms with Gasteiger partial charge in [-0.15, -0.1) is 0 Å². The molecule has 0 saturated heterocycles. The highest BCUT2D eigenvalue weighted by Crippen LogP contribution is 2.30. The molecule has 0 saturated carbocycles. The Kier molecular flexibility index (Phi) is 6.89. The Morgan fingerprint density at radius 2 is 1.57 bits per heavy atom. The number of methoxy groups -OCH3 is 1. The molecule has 2 amide bonds. The van der Waals surface area contributed by atoms with Gasteiger partial charge in [0.15, 0.2) is 5.75 Å². The number of phenolic OH excluding ortho intramolecular Hbond substituents is 1. The van der Waals surface area contributed by atoms with Gasteiger partial charge < -0.3 is 25.2 Å². The highest BCUT2D eigenvalue weighted by atomic mass is 16.5. The summed E-state index contributed by atoms with van der Waals surface area (Å²) in [4.78, 5) is 24.3. The zero-order chi connectivity index (χ0) is 21.3. The van der Waals surface area contributed by atoms with Gasteiger partial charge in [0, 0.05) is 18.5 Å². The van der Waals surface area contributed by atoms with Gasteiger partial charge in [-0.2, -0.15) is 0 Å². The minimum atomic E-state index is -0.314. The third kappa shape index (κ3) is 5.75. The molecule has 0 aliphatic rings. The van der Waals surface area contributed by atoms with Crippen LogP contribution >= 0.6 is 0 Å². The van der Waals surface area contributed by atoms with Crippen LogP contribution in [-0.4, -0.2) is 30.6 Å². The Bertz CT molecular complexity index is 1000. The number of para-hydroxylation sites is 2. The van der Waals surface area contributed by atoms with E-state index in [1.807, 2.05) is 6.07 Å². The highest BCUT2D eigenvalue weighted by Gasteiger charge is 2.10. The fourth-order valence-electron chi connectivity index (χ4n) is 2.65. The van der Waals surface area contributed by atoms with Gasteiger partial charge in [-0.05, 0) is 60.7 Å². The van der Waals surface area contributed by atoms with E-state index in [2.05, 4.69) is 10.6 Å². The average molecular weight is 406 g/mol. The van der Waals surface area contributed by atoms with E-state index < -0.39 is 0 Å². The van der Waals surface area contributed by atoms with E-state index in [-0.39, 0.29) is 30.5 Å². The van der Waals surface area contributed by atoms with Gasteiger partial charge in [-0.3, -0.25) is 9.59 Å². The molecule has 3 rings (SSSR count). The molecule has 0 aliphatic carbocycles. The van der Waals surface area contributed by atoms with Crippen LogP contribution < -0.4 is 20.1 Å². The molecular formula is C23H22N2O5. The summed E-state index contributed by atoms with van der Waals surface area (Å²) in [5, 5.41) is 14.7.